The van der Waals surface area contributed by atoms with Gasteiger partial charge < -0.3 is 24.6 Å². The third kappa shape index (κ3) is 3.65. The summed E-state index contributed by atoms with van der Waals surface area (Å²) in [6.45, 7) is 1.85. The Morgan fingerprint density at radius 1 is 1.38 bits per heavy atom. The first kappa shape index (κ1) is 15.6. The van der Waals surface area contributed by atoms with E-state index in [4.69, 9.17) is 14.6 Å². The van der Waals surface area contributed by atoms with Crippen LogP contribution >= 0.6 is 0 Å². The van der Waals surface area contributed by atoms with Crippen molar-refractivity contribution in [1.29, 1.82) is 0 Å². The molecule has 2 N–H and O–H groups in total. The Balaban J connectivity index is 2.25. The molecule has 1 atom stereocenters. The summed E-state index contributed by atoms with van der Waals surface area (Å²) in [4.78, 5) is 13.3. The number of aliphatic carboxylic acids is 1. The molecule has 2 rings (SSSR count). The topological polar surface area (TPSA) is 79.2 Å². The number of carboxylic acid groups (broad SMARTS) is 1. The van der Waals surface area contributed by atoms with Gasteiger partial charge in [-0.25, -0.2) is 4.79 Å². The largest absolute Gasteiger partial charge is 0.493 e. The van der Waals surface area contributed by atoms with Gasteiger partial charge >= 0.3 is 5.97 Å². The summed E-state index contributed by atoms with van der Waals surface area (Å²) in [5.74, 6) is -0.548. The standard InChI is InChI=1S/C15H21NO5/c1-16-8-6-10(7-9-16)21-14-11(13(17)15(18)19)4-3-5-12(14)20-2/h3-5,10,13,17H,6-9H2,1-2H3,(H,18,19). The van der Waals surface area contributed by atoms with Gasteiger partial charge in [0.2, 0.25) is 0 Å². The summed E-state index contributed by atoms with van der Waals surface area (Å²) in [6, 6.07) is 4.88. The monoisotopic (exact) mass is 295 g/mol. The van der Waals surface area contributed by atoms with E-state index in [-0.39, 0.29) is 11.7 Å². The average molecular weight is 295 g/mol. The number of nitrogens with zero attached hydrogens (tertiary/aromatic N) is 1. The number of methoxy groups -OCH3 is 1. The number of benzene rings is 1. The number of para-hydroxylation sites is 1. The molecule has 6 heteroatoms. The smallest absolute Gasteiger partial charge is 0.337 e. The van der Waals surface area contributed by atoms with E-state index < -0.39 is 12.1 Å². The van der Waals surface area contributed by atoms with Gasteiger partial charge in [-0.15, -0.1) is 0 Å². The minimum atomic E-state index is -1.62. The minimum absolute atomic E-state index is 0.00255. The maximum Gasteiger partial charge on any atom is 0.337 e. The van der Waals surface area contributed by atoms with Gasteiger partial charge in [-0.2, -0.15) is 0 Å². The van der Waals surface area contributed by atoms with Crippen LogP contribution in [0, 0.1) is 0 Å². The van der Waals surface area contributed by atoms with Crippen LogP contribution in [-0.4, -0.2) is 54.4 Å². The molecule has 0 radical (unpaired) electrons. The van der Waals surface area contributed by atoms with Crippen LogP contribution in [0.4, 0.5) is 0 Å². The summed E-state index contributed by atoms with van der Waals surface area (Å²) in [5.41, 5.74) is 0.223. The molecule has 1 unspecified atom stereocenters. The van der Waals surface area contributed by atoms with E-state index in [9.17, 15) is 9.90 Å². The van der Waals surface area contributed by atoms with Gasteiger partial charge in [0.15, 0.2) is 17.6 Å². The predicted molar refractivity (Wildman–Crippen MR) is 76.7 cm³/mol. The fourth-order valence-corrected chi connectivity index (χ4v) is 2.44. The van der Waals surface area contributed by atoms with Gasteiger partial charge in [0, 0.05) is 18.7 Å². The number of hydrogen-bond acceptors (Lipinski definition) is 5. The molecule has 1 aromatic carbocycles. The van der Waals surface area contributed by atoms with Gasteiger partial charge in [-0.05, 0) is 26.0 Å². The fourth-order valence-electron chi connectivity index (χ4n) is 2.44. The zero-order valence-electron chi connectivity index (χ0n) is 12.3. The normalized spacial score (nSPS) is 18.2. The van der Waals surface area contributed by atoms with E-state index in [2.05, 4.69) is 11.9 Å². The lowest BCUT2D eigenvalue weighted by molar-refractivity contribution is -0.147. The number of aliphatic hydroxyl groups is 1. The fraction of sp³-hybridized carbons (Fsp3) is 0.533. The zero-order valence-corrected chi connectivity index (χ0v) is 12.3. The molecule has 0 spiro atoms. The van der Waals surface area contributed by atoms with Crippen molar-refractivity contribution >= 4 is 5.97 Å². The van der Waals surface area contributed by atoms with Crippen molar-refractivity contribution in [2.45, 2.75) is 25.0 Å². The Hall–Kier alpha value is -1.79. The third-order valence-electron chi connectivity index (χ3n) is 3.71. The summed E-state index contributed by atoms with van der Waals surface area (Å²) in [6.07, 6.45) is 0.0903. The highest BCUT2D eigenvalue weighted by Gasteiger charge is 2.26. The van der Waals surface area contributed by atoms with E-state index in [0.29, 0.717) is 11.5 Å². The molecule has 0 bridgehead atoms. The minimum Gasteiger partial charge on any atom is -0.493 e. The van der Waals surface area contributed by atoms with Crippen molar-refractivity contribution < 1.29 is 24.5 Å². The Morgan fingerprint density at radius 3 is 2.62 bits per heavy atom. The molecule has 1 aromatic rings. The molecule has 1 saturated heterocycles. The van der Waals surface area contributed by atoms with Crippen LogP contribution in [-0.2, 0) is 4.79 Å². The van der Waals surface area contributed by atoms with Crippen molar-refractivity contribution in [2.24, 2.45) is 0 Å². The number of rotatable bonds is 5. The number of aliphatic hydroxyl groups excluding tert-OH is 1. The molecular weight excluding hydrogens is 274 g/mol. The van der Waals surface area contributed by atoms with Gasteiger partial charge in [0.1, 0.15) is 6.10 Å². The summed E-state index contributed by atoms with van der Waals surface area (Å²) < 4.78 is 11.2. The Bertz CT molecular complexity index is 497. The first-order valence-electron chi connectivity index (χ1n) is 6.96. The highest BCUT2D eigenvalue weighted by atomic mass is 16.5. The molecule has 116 valence electrons. The lowest BCUT2D eigenvalue weighted by atomic mass is 10.1. The number of carbonyl (C=O) groups is 1. The Morgan fingerprint density at radius 2 is 2.05 bits per heavy atom. The molecule has 0 amide bonds. The first-order chi connectivity index (χ1) is 10.0. The van der Waals surface area contributed by atoms with Crippen molar-refractivity contribution in [3.05, 3.63) is 23.8 Å². The van der Waals surface area contributed by atoms with Crippen LogP contribution < -0.4 is 9.47 Å². The molecule has 1 aliphatic rings. The molecule has 6 nitrogen and oxygen atoms in total. The lowest BCUT2D eigenvalue weighted by Gasteiger charge is -2.30. The van der Waals surface area contributed by atoms with E-state index >= 15 is 0 Å². The number of piperidine rings is 1. The van der Waals surface area contributed by atoms with Gasteiger partial charge in [-0.3, -0.25) is 0 Å². The highest BCUT2D eigenvalue weighted by Crippen LogP contribution is 2.36. The van der Waals surface area contributed by atoms with E-state index in [0.717, 1.165) is 25.9 Å². The van der Waals surface area contributed by atoms with Crippen LogP contribution in [0.15, 0.2) is 18.2 Å². The number of carboxylic acids is 1. The predicted octanol–water partition coefficient (Wildman–Crippen LogP) is 1.29. The summed E-state index contributed by atoms with van der Waals surface area (Å²) in [5, 5.41) is 18.8. The van der Waals surface area contributed by atoms with Gasteiger partial charge in [0.25, 0.3) is 0 Å². The van der Waals surface area contributed by atoms with Crippen LogP contribution in [0.25, 0.3) is 0 Å². The van der Waals surface area contributed by atoms with Crippen LogP contribution in [0.1, 0.15) is 24.5 Å². The van der Waals surface area contributed by atoms with Crippen LogP contribution in [0.3, 0.4) is 0 Å². The number of hydrogen-bond donors (Lipinski definition) is 2. The molecule has 0 aliphatic carbocycles. The van der Waals surface area contributed by atoms with Crippen molar-refractivity contribution in [3.63, 3.8) is 0 Å². The van der Waals surface area contributed by atoms with E-state index in [1.165, 1.54) is 7.11 Å². The van der Waals surface area contributed by atoms with Crippen LogP contribution in [0.5, 0.6) is 11.5 Å². The second kappa shape index (κ2) is 6.78. The van der Waals surface area contributed by atoms with Crippen molar-refractivity contribution in [1.82, 2.24) is 4.90 Å². The Labute approximate surface area is 123 Å². The number of likely N-dealkylation sites (tertiary alicyclic amines) is 1. The second-order valence-corrected chi connectivity index (χ2v) is 5.24. The van der Waals surface area contributed by atoms with Crippen molar-refractivity contribution in [3.8, 4) is 11.5 Å². The van der Waals surface area contributed by atoms with E-state index in [1.54, 1.807) is 18.2 Å². The molecule has 1 fully saturated rings. The molecule has 0 aromatic heterocycles. The number of ether oxygens (including phenoxy) is 2. The summed E-state index contributed by atoms with van der Waals surface area (Å²) in [7, 11) is 3.55. The Kier molecular flexibility index (Phi) is 5.03. The average Bonchev–Trinajstić information content (AvgIpc) is 2.49. The zero-order chi connectivity index (χ0) is 15.4. The molecule has 21 heavy (non-hydrogen) atoms. The second-order valence-electron chi connectivity index (χ2n) is 5.24. The first-order valence-corrected chi connectivity index (χ1v) is 6.96. The lowest BCUT2D eigenvalue weighted by Crippen LogP contribution is -2.36. The summed E-state index contributed by atoms with van der Waals surface area (Å²) >= 11 is 0. The molecule has 0 saturated carbocycles. The molecular formula is C15H21NO5. The van der Waals surface area contributed by atoms with Gasteiger partial charge in [-0.1, -0.05) is 12.1 Å². The molecule has 1 aliphatic heterocycles. The van der Waals surface area contributed by atoms with Crippen LogP contribution in [0.2, 0.25) is 0 Å². The quantitative estimate of drug-likeness (QED) is 0.852. The maximum absolute atomic E-state index is 11.0. The SMILES string of the molecule is COc1cccc(C(O)C(=O)O)c1OC1CCN(C)CC1. The third-order valence-corrected chi connectivity index (χ3v) is 3.71. The maximum atomic E-state index is 11.0. The highest BCUT2D eigenvalue weighted by molar-refractivity contribution is 5.75. The van der Waals surface area contributed by atoms with Crippen molar-refractivity contribution in [2.75, 3.05) is 27.2 Å². The molecule has 1 heterocycles. The van der Waals surface area contributed by atoms with E-state index in [1.807, 2.05) is 0 Å². The van der Waals surface area contributed by atoms with Gasteiger partial charge in [0.05, 0.1) is 7.11 Å².